The van der Waals surface area contributed by atoms with Crippen LogP contribution in [-0.4, -0.2) is 62.4 Å². The molecule has 3 saturated heterocycles. The SMILES string of the molecule is c1cc2nnnn2nc1N1C[C@@H]2CN3CCCC[C@@H]3[C@@H]2C1. The summed E-state index contributed by atoms with van der Waals surface area (Å²) in [6, 6.07) is 4.81. The topological polar surface area (TPSA) is 62.5 Å². The van der Waals surface area contributed by atoms with Crippen LogP contribution in [0.2, 0.25) is 0 Å². The molecule has 0 aliphatic carbocycles. The summed E-state index contributed by atoms with van der Waals surface area (Å²) in [5.41, 5.74) is 0.705. The zero-order chi connectivity index (χ0) is 13.8. The number of tetrazole rings is 1. The molecule has 3 fully saturated rings. The fraction of sp³-hybridized carbons (Fsp3) is 0.714. The lowest BCUT2D eigenvalue weighted by Gasteiger charge is -2.33. The number of piperidine rings is 1. The van der Waals surface area contributed by atoms with E-state index in [0.29, 0.717) is 5.65 Å². The van der Waals surface area contributed by atoms with E-state index in [9.17, 15) is 0 Å². The Balaban J connectivity index is 1.40. The summed E-state index contributed by atoms with van der Waals surface area (Å²) in [7, 11) is 0. The predicted octanol–water partition coefficient (Wildman–Crippen LogP) is 0.440. The molecule has 0 amide bonds. The van der Waals surface area contributed by atoms with Gasteiger partial charge >= 0.3 is 0 Å². The van der Waals surface area contributed by atoms with Crippen molar-refractivity contribution >= 4 is 11.5 Å². The maximum Gasteiger partial charge on any atom is 0.200 e. The van der Waals surface area contributed by atoms with Gasteiger partial charge in [0, 0.05) is 25.7 Å². The maximum atomic E-state index is 4.54. The molecule has 110 valence electrons. The van der Waals surface area contributed by atoms with Crippen LogP contribution in [0.15, 0.2) is 12.1 Å². The summed E-state index contributed by atoms with van der Waals surface area (Å²) in [6.45, 7) is 4.84. The van der Waals surface area contributed by atoms with Crippen LogP contribution in [0.3, 0.4) is 0 Å². The summed E-state index contributed by atoms with van der Waals surface area (Å²) in [4.78, 5) is 5.15. The van der Waals surface area contributed by atoms with Crippen LogP contribution in [0.5, 0.6) is 0 Å². The summed E-state index contributed by atoms with van der Waals surface area (Å²) >= 11 is 0. The predicted molar refractivity (Wildman–Crippen MR) is 77.0 cm³/mol. The van der Waals surface area contributed by atoms with Crippen molar-refractivity contribution in [3.8, 4) is 0 Å². The fourth-order valence-electron chi connectivity index (χ4n) is 4.55. The third-order valence-corrected chi connectivity index (χ3v) is 5.50. The van der Waals surface area contributed by atoms with Crippen molar-refractivity contribution in [3.63, 3.8) is 0 Å². The molecule has 3 aliphatic rings. The van der Waals surface area contributed by atoms with Crippen LogP contribution in [0.25, 0.3) is 5.65 Å². The number of hydrogen-bond donors (Lipinski definition) is 0. The van der Waals surface area contributed by atoms with E-state index < -0.39 is 0 Å². The standard InChI is InChI=1S/C14H19N7/c1-2-6-19-7-10-8-20(9-11(10)12(19)3-1)14-5-4-13-15-17-18-21(13)16-14/h4-5,10-12H,1-3,6-9H2/t10-,11+,12+/m0/s1. The second-order valence-electron chi connectivity index (χ2n) is 6.61. The van der Waals surface area contributed by atoms with Crippen LogP contribution in [-0.2, 0) is 0 Å². The zero-order valence-corrected chi connectivity index (χ0v) is 12.0. The van der Waals surface area contributed by atoms with Crippen LogP contribution in [0.1, 0.15) is 19.3 Å². The smallest absolute Gasteiger partial charge is 0.200 e. The molecule has 0 aromatic carbocycles. The summed E-state index contributed by atoms with van der Waals surface area (Å²) in [5.74, 6) is 2.63. The first kappa shape index (κ1) is 11.9. The molecule has 0 unspecified atom stereocenters. The lowest BCUT2D eigenvalue weighted by atomic mass is 9.90. The highest BCUT2D eigenvalue weighted by molar-refractivity contribution is 5.45. The first-order valence-corrected chi connectivity index (χ1v) is 7.93. The van der Waals surface area contributed by atoms with E-state index in [1.165, 1.54) is 37.0 Å². The minimum Gasteiger partial charge on any atom is -0.354 e. The molecule has 5 rings (SSSR count). The van der Waals surface area contributed by atoms with Gasteiger partial charge in [0.05, 0.1) is 0 Å². The highest BCUT2D eigenvalue weighted by Gasteiger charge is 2.47. The molecule has 7 heteroatoms. The number of aromatic nitrogens is 5. The molecule has 0 spiro atoms. The number of rotatable bonds is 1. The lowest BCUT2D eigenvalue weighted by molar-refractivity contribution is 0.173. The minimum absolute atomic E-state index is 0.705. The van der Waals surface area contributed by atoms with Crippen molar-refractivity contribution in [2.75, 3.05) is 31.1 Å². The second-order valence-corrected chi connectivity index (χ2v) is 6.61. The molecule has 7 nitrogen and oxygen atoms in total. The Morgan fingerprint density at radius 2 is 2.10 bits per heavy atom. The van der Waals surface area contributed by atoms with Gasteiger partial charge in [-0.25, -0.2) is 0 Å². The third kappa shape index (κ3) is 1.76. The molecule has 2 aromatic rings. The van der Waals surface area contributed by atoms with Crippen molar-refractivity contribution in [1.29, 1.82) is 0 Å². The fourth-order valence-corrected chi connectivity index (χ4v) is 4.55. The molecule has 3 aliphatic heterocycles. The van der Waals surface area contributed by atoms with Crippen LogP contribution in [0.4, 0.5) is 5.82 Å². The largest absolute Gasteiger partial charge is 0.354 e. The molecule has 0 radical (unpaired) electrons. The van der Waals surface area contributed by atoms with Crippen molar-refractivity contribution < 1.29 is 0 Å². The highest BCUT2D eigenvalue weighted by Crippen LogP contribution is 2.41. The van der Waals surface area contributed by atoms with E-state index in [-0.39, 0.29) is 0 Å². The van der Waals surface area contributed by atoms with E-state index in [1.807, 2.05) is 12.1 Å². The first-order chi connectivity index (χ1) is 10.4. The Labute approximate surface area is 122 Å². The maximum absolute atomic E-state index is 4.54. The Morgan fingerprint density at radius 1 is 1.10 bits per heavy atom. The number of nitrogens with zero attached hydrogens (tertiary/aromatic N) is 7. The Bertz CT molecular complexity index is 668. The minimum atomic E-state index is 0.705. The average molecular weight is 285 g/mol. The molecule has 0 bridgehead atoms. The third-order valence-electron chi connectivity index (χ3n) is 5.50. The van der Waals surface area contributed by atoms with Gasteiger partial charge in [0.1, 0.15) is 0 Å². The van der Waals surface area contributed by atoms with E-state index >= 15 is 0 Å². The molecule has 0 saturated carbocycles. The van der Waals surface area contributed by atoms with Crippen molar-refractivity contribution in [3.05, 3.63) is 12.1 Å². The van der Waals surface area contributed by atoms with E-state index in [1.54, 1.807) is 0 Å². The first-order valence-electron chi connectivity index (χ1n) is 7.93. The Morgan fingerprint density at radius 3 is 3.10 bits per heavy atom. The van der Waals surface area contributed by atoms with Crippen molar-refractivity contribution in [1.82, 2.24) is 30.2 Å². The normalized spacial score (nSPS) is 32.6. The van der Waals surface area contributed by atoms with Gasteiger partial charge in [0.15, 0.2) is 11.5 Å². The molecule has 5 heterocycles. The van der Waals surface area contributed by atoms with E-state index in [2.05, 4.69) is 30.4 Å². The quantitative estimate of drug-likeness (QED) is 0.757. The zero-order valence-electron chi connectivity index (χ0n) is 12.0. The molecule has 0 N–H and O–H groups in total. The monoisotopic (exact) mass is 285 g/mol. The van der Waals surface area contributed by atoms with Gasteiger partial charge in [-0.05, 0) is 53.8 Å². The van der Waals surface area contributed by atoms with Gasteiger partial charge < -0.3 is 4.90 Å². The number of hydrogen-bond acceptors (Lipinski definition) is 6. The number of fused-ring (bicyclic) bond motifs is 4. The van der Waals surface area contributed by atoms with Crippen LogP contribution in [0, 0.1) is 11.8 Å². The van der Waals surface area contributed by atoms with Gasteiger partial charge in [0.25, 0.3) is 0 Å². The van der Waals surface area contributed by atoms with Crippen LogP contribution < -0.4 is 4.90 Å². The van der Waals surface area contributed by atoms with Crippen LogP contribution >= 0.6 is 0 Å². The van der Waals surface area contributed by atoms with Gasteiger partial charge in [-0.15, -0.1) is 14.8 Å². The average Bonchev–Trinajstić information content (AvgIpc) is 3.19. The van der Waals surface area contributed by atoms with Gasteiger partial charge in [-0.3, -0.25) is 4.90 Å². The highest BCUT2D eigenvalue weighted by atomic mass is 15.6. The molecule has 21 heavy (non-hydrogen) atoms. The summed E-state index contributed by atoms with van der Waals surface area (Å²) in [5, 5.41) is 16.0. The number of anilines is 1. The molecular formula is C14H19N7. The molecular weight excluding hydrogens is 266 g/mol. The lowest BCUT2D eigenvalue weighted by Crippen LogP contribution is -2.40. The van der Waals surface area contributed by atoms with E-state index in [4.69, 9.17) is 0 Å². The van der Waals surface area contributed by atoms with E-state index in [0.717, 1.165) is 36.8 Å². The summed E-state index contributed by atoms with van der Waals surface area (Å²) < 4.78 is 1.52. The van der Waals surface area contributed by atoms with Gasteiger partial charge in [-0.2, -0.15) is 0 Å². The Kier molecular flexibility index (Phi) is 2.46. The van der Waals surface area contributed by atoms with Gasteiger partial charge in [-0.1, -0.05) is 6.42 Å². The molecule has 2 aromatic heterocycles. The van der Waals surface area contributed by atoms with Crippen molar-refractivity contribution in [2.45, 2.75) is 25.3 Å². The van der Waals surface area contributed by atoms with Crippen molar-refractivity contribution in [2.24, 2.45) is 11.8 Å². The second kappa shape index (κ2) is 4.37. The Hall–Kier alpha value is -1.76. The summed E-state index contributed by atoms with van der Waals surface area (Å²) in [6.07, 6.45) is 4.17. The van der Waals surface area contributed by atoms with Gasteiger partial charge in [0.2, 0.25) is 0 Å². The molecule has 3 atom stereocenters.